The van der Waals surface area contributed by atoms with E-state index in [0.717, 1.165) is 6.54 Å². The molecule has 0 aromatic rings. The Bertz CT molecular complexity index is 177. The van der Waals surface area contributed by atoms with E-state index in [1.807, 2.05) is 0 Å². The Morgan fingerprint density at radius 3 is 2.38 bits per heavy atom. The quantitative estimate of drug-likeness (QED) is 0.666. The average molecular weight is 185 g/mol. The van der Waals surface area contributed by atoms with Crippen LogP contribution in [0.5, 0.6) is 0 Å². The predicted octanol–water partition coefficient (Wildman–Crippen LogP) is 1.16. The van der Waals surface area contributed by atoms with Crippen molar-refractivity contribution >= 4 is 0 Å². The predicted molar refractivity (Wildman–Crippen MR) is 56.1 cm³/mol. The standard InChI is InChI=1S/C11H24N2/c1-10(2)6-9(13)7-11(3,8-10)4-5-12/h9H,4-8,12-13H2,1-3H3/p+1. The zero-order chi connectivity index (χ0) is 10.1. The maximum Gasteiger partial charge on any atom is 0.0745 e. The summed E-state index contributed by atoms with van der Waals surface area (Å²) in [6.45, 7) is 8.10. The van der Waals surface area contributed by atoms with Crippen molar-refractivity contribution in [2.45, 2.75) is 52.5 Å². The van der Waals surface area contributed by atoms with Crippen molar-refractivity contribution in [3.63, 3.8) is 0 Å². The summed E-state index contributed by atoms with van der Waals surface area (Å²) in [5, 5.41) is 0. The SMILES string of the molecule is CC1(C)CC(N)CC(C)(CC[NH3+])C1. The van der Waals surface area contributed by atoms with Crippen LogP contribution >= 0.6 is 0 Å². The first kappa shape index (κ1) is 11.0. The molecular formula is C11H25N2+. The highest BCUT2D eigenvalue weighted by Crippen LogP contribution is 2.46. The maximum absolute atomic E-state index is 6.10. The summed E-state index contributed by atoms with van der Waals surface area (Å²) in [5.74, 6) is 0. The van der Waals surface area contributed by atoms with E-state index in [1.54, 1.807) is 0 Å². The molecule has 5 N–H and O–H groups in total. The second-order valence-corrected chi connectivity index (χ2v) is 5.92. The molecule has 0 aromatic heterocycles. The fourth-order valence-electron chi connectivity index (χ4n) is 3.33. The molecule has 0 heterocycles. The van der Waals surface area contributed by atoms with Crippen LogP contribution in [0.3, 0.4) is 0 Å². The molecule has 1 rings (SSSR count). The van der Waals surface area contributed by atoms with Crippen LogP contribution in [0.25, 0.3) is 0 Å². The fourth-order valence-corrected chi connectivity index (χ4v) is 3.33. The molecule has 1 aliphatic carbocycles. The molecule has 1 aliphatic rings. The number of nitrogens with two attached hydrogens (primary N) is 1. The van der Waals surface area contributed by atoms with E-state index in [1.165, 1.54) is 25.7 Å². The van der Waals surface area contributed by atoms with Crippen molar-refractivity contribution < 1.29 is 5.73 Å². The van der Waals surface area contributed by atoms with Crippen molar-refractivity contribution in [1.82, 2.24) is 0 Å². The lowest BCUT2D eigenvalue weighted by Crippen LogP contribution is -2.53. The van der Waals surface area contributed by atoms with Gasteiger partial charge < -0.3 is 11.5 Å². The molecule has 78 valence electrons. The van der Waals surface area contributed by atoms with Crippen LogP contribution in [0.4, 0.5) is 0 Å². The summed E-state index contributed by atoms with van der Waals surface area (Å²) in [5.41, 5.74) is 10.9. The second kappa shape index (κ2) is 3.58. The zero-order valence-corrected chi connectivity index (χ0v) is 9.40. The Hall–Kier alpha value is -0.0800. The van der Waals surface area contributed by atoms with Crippen molar-refractivity contribution in [2.24, 2.45) is 16.6 Å². The van der Waals surface area contributed by atoms with Gasteiger partial charge in [-0.05, 0) is 30.1 Å². The third-order valence-corrected chi connectivity index (χ3v) is 3.26. The first-order valence-electron chi connectivity index (χ1n) is 5.42. The lowest BCUT2D eigenvalue weighted by atomic mass is 9.62. The lowest BCUT2D eigenvalue weighted by Gasteiger charge is -2.45. The van der Waals surface area contributed by atoms with Crippen molar-refractivity contribution in [3.8, 4) is 0 Å². The van der Waals surface area contributed by atoms with Gasteiger partial charge in [-0.15, -0.1) is 0 Å². The molecule has 2 heteroatoms. The molecule has 0 saturated heterocycles. The zero-order valence-electron chi connectivity index (χ0n) is 9.40. The van der Waals surface area contributed by atoms with Crippen LogP contribution in [-0.2, 0) is 0 Å². The van der Waals surface area contributed by atoms with Gasteiger partial charge in [-0.1, -0.05) is 20.8 Å². The molecule has 0 aromatic carbocycles. The summed E-state index contributed by atoms with van der Waals surface area (Å²) >= 11 is 0. The molecular weight excluding hydrogens is 160 g/mol. The van der Waals surface area contributed by atoms with E-state index in [0.29, 0.717) is 16.9 Å². The van der Waals surface area contributed by atoms with Crippen LogP contribution in [0.1, 0.15) is 46.5 Å². The van der Waals surface area contributed by atoms with Crippen molar-refractivity contribution in [3.05, 3.63) is 0 Å². The monoisotopic (exact) mass is 185 g/mol. The second-order valence-electron chi connectivity index (χ2n) is 5.92. The molecule has 0 amide bonds. The normalized spacial score (nSPS) is 39.0. The molecule has 0 spiro atoms. The summed E-state index contributed by atoms with van der Waals surface area (Å²) in [7, 11) is 0. The number of hydrogen-bond donors (Lipinski definition) is 2. The van der Waals surface area contributed by atoms with Gasteiger partial charge in [0.15, 0.2) is 0 Å². The minimum atomic E-state index is 0.403. The smallest absolute Gasteiger partial charge is 0.0745 e. The van der Waals surface area contributed by atoms with Gasteiger partial charge in [0.2, 0.25) is 0 Å². The molecule has 13 heavy (non-hydrogen) atoms. The minimum Gasteiger partial charge on any atom is -0.358 e. The Morgan fingerprint density at radius 2 is 1.92 bits per heavy atom. The average Bonchev–Trinajstić information content (AvgIpc) is 1.78. The van der Waals surface area contributed by atoms with Gasteiger partial charge in [0.05, 0.1) is 6.54 Å². The van der Waals surface area contributed by atoms with E-state index in [4.69, 9.17) is 5.73 Å². The largest absolute Gasteiger partial charge is 0.358 e. The molecule has 2 nitrogen and oxygen atoms in total. The fraction of sp³-hybridized carbons (Fsp3) is 1.00. The Kier molecular flexibility index (Phi) is 3.03. The van der Waals surface area contributed by atoms with E-state index >= 15 is 0 Å². The number of rotatable bonds is 2. The highest BCUT2D eigenvalue weighted by molar-refractivity contribution is 4.92. The summed E-state index contributed by atoms with van der Waals surface area (Å²) in [6, 6.07) is 0.403. The summed E-state index contributed by atoms with van der Waals surface area (Å²) < 4.78 is 0. The molecule has 2 unspecified atom stereocenters. The van der Waals surface area contributed by atoms with Crippen molar-refractivity contribution in [2.75, 3.05) is 6.54 Å². The van der Waals surface area contributed by atoms with Gasteiger partial charge in [0.25, 0.3) is 0 Å². The molecule has 0 radical (unpaired) electrons. The molecule has 1 saturated carbocycles. The van der Waals surface area contributed by atoms with E-state index < -0.39 is 0 Å². The minimum absolute atomic E-state index is 0.403. The Morgan fingerprint density at radius 1 is 1.31 bits per heavy atom. The van der Waals surface area contributed by atoms with Gasteiger partial charge in [-0.3, -0.25) is 0 Å². The third-order valence-electron chi connectivity index (χ3n) is 3.26. The Labute approximate surface area is 82.1 Å². The van der Waals surface area contributed by atoms with Crippen LogP contribution in [0.2, 0.25) is 0 Å². The van der Waals surface area contributed by atoms with E-state index in [-0.39, 0.29) is 0 Å². The third kappa shape index (κ3) is 2.96. The van der Waals surface area contributed by atoms with Crippen LogP contribution < -0.4 is 11.5 Å². The highest BCUT2D eigenvalue weighted by Gasteiger charge is 2.39. The van der Waals surface area contributed by atoms with Crippen LogP contribution in [0.15, 0.2) is 0 Å². The topological polar surface area (TPSA) is 53.7 Å². The van der Waals surface area contributed by atoms with Gasteiger partial charge in [-0.2, -0.15) is 0 Å². The van der Waals surface area contributed by atoms with Crippen LogP contribution in [-0.4, -0.2) is 12.6 Å². The van der Waals surface area contributed by atoms with Gasteiger partial charge in [0.1, 0.15) is 0 Å². The first-order valence-corrected chi connectivity index (χ1v) is 5.42. The van der Waals surface area contributed by atoms with Gasteiger partial charge >= 0.3 is 0 Å². The van der Waals surface area contributed by atoms with Gasteiger partial charge in [-0.25, -0.2) is 0 Å². The highest BCUT2D eigenvalue weighted by atomic mass is 14.7. The molecule has 1 fully saturated rings. The van der Waals surface area contributed by atoms with Crippen LogP contribution in [0, 0.1) is 10.8 Å². The summed E-state index contributed by atoms with van der Waals surface area (Å²) in [6.07, 6.45) is 4.90. The number of hydrogen-bond acceptors (Lipinski definition) is 1. The first-order chi connectivity index (χ1) is 5.87. The molecule has 2 atom stereocenters. The van der Waals surface area contributed by atoms with Crippen molar-refractivity contribution in [1.29, 1.82) is 0 Å². The van der Waals surface area contributed by atoms with E-state index in [2.05, 4.69) is 26.5 Å². The Balaban J connectivity index is 2.66. The van der Waals surface area contributed by atoms with Gasteiger partial charge in [0, 0.05) is 12.5 Å². The molecule has 0 aliphatic heterocycles. The number of quaternary nitrogens is 1. The maximum atomic E-state index is 6.10. The molecule has 0 bridgehead atoms. The summed E-state index contributed by atoms with van der Waals surface area (Å²) in [4.78, 5) is 0. The lowest BCUT2D eigenvalue weighted by molar-refractivity contribution is -0.373. The van der Waals surface area contributed by atoms with E-state index in [9.17, 15) is 0 Å².